The Morgan fingerprint density at radius 1 is 1.07 bits per heavy atom. The molecule has 1 N–H and O–H groups in total. The van der Waals surface area contributed by atoms with Gasteiger partial charge in [-0.05, 0) is 30.5 Å². The molecule has 3 heterocycles. The molecule has 0 bridgehead atoms. The first-order chi connectivity index (χ1) is 13.3. The molecule has 0 aliphatic carbocycles. The smallest absolute Gasteiger partial charge is 0.317 e. The Hall–Kier alpha value is -2.67. The molecule has 1 aliphatic heterocycles. The van der Waals surface area contributed by atoms with E-state index in [9.17, 15) is 4.79 Å². The van der Waals surface area contributed by atoms with Crippen molar-refractivity contribution >= 4 is 32.8 Å². The summed E-state index contributed by atoms with van der Waals surface area (Å²) in [4.78, 5) is 26.7. The fourth-order valence-electron chi connectivity index (χ4n) is 3.28. The molecule has 4 rings (SSSR count). The van der Waals surface area contributed by atoms with E-state index in [4.69, 9.17) is 4.98 Å². The zero-order valence-electron chi connectivity index (χ0n) is 15.2. The summed E-state index contributed by atoms with van der Waals surface area (Å²) < 4.78 is 0. The second-order valence-electron chi connectivity index (χ2n) is 6.62. The summed E-state index contributed by atoms with van der Waals surface area (Å²) in [6.07, 6.45) is 3.59. The maximum atomic E-state index is 12.5. The number of hydrogen-bond donors (Lipinski definition) is 1. The predicted molar refractivity (Wildman–Crippen MR) is 109 cm³/mol. The molecule has 3 aromatic rings. The normalized spacial score (nSPS) is 15.0. The van der Waals surface area contributed by atoms with Gasteiger partial charge in [-0.3, -0.25) is 0 Å². The van der Waals surface area contributed by atoms with Gasteiger partial charge in [0.2, 0.25) is 0 Å². The Kier molecular flexibility index (Phi) is 5.48. The molecule has 0 atom stereocenters. The van der Waals surface area contributed by atoms with Gasteiger partial charge < -0.3 is 15.1 Å². The van der Waals surface area contributed by atoms with Crippen molar-refractivity contribution in [2.45, 2.75) is 12.8 Å². The average Bonchev–Trinajstić information content (AvgIpc) is 2.98. The molecule has 2 aromatic heterocycles. The van der Waals surface area contributed by atoms with Crippen molar-refractivity contribution in [3.8, 4) is 0 Å². The van der Waals surface area contributed by atoms with Crippen molar-refractivity contribution < 1.29 is 4.79 Å². The number of nitrogens with zero attached hydrogens (tertiary/aromatic N) is 4. The maximum absolute atomic E-state index is 12.5. The number of carbonyl (C=O) groups is 1. The highest BCUT2D eigenvalue weighted by Crippen LogP contribution is 2.27. The molecule has 0 saturated carbocycles. The zero-order chi connectivity index (χ0) is 18.5. The summed E-state index contributed by atoms with van der Waals surface area (Å²) in [5.41, 5.74) is 2.18. The van der Waals surface area contributed by atoms with Crippen LogP contribution in [0.1, 0.15) is 12.0 Å². The van der Waals surface area contributed by atoms with Crippen molar-refractivity contribution in [2.75, 3.05) is 37.6 Å². The van der Waals surface area contributed by atoms with Gasteiger partial charge >= 0.3 is 6.03 Å². The number of nitrogens with one attached hydrogen (secondary N) is 1. The minimum absolute atomic E-state index is 0.0266. The van der Waals surface area contributed by atoms with Gasteiger partial charge in [0.25, 0.3) is 0 Å². The highest BCUT2D eigenvalue weighted by atomic mass is 32.1. The number of hydrogen-bond acceptors (Lipinski definition) is 5. The van der Waals surface area contributed by atoms with Crippen LogP contribution in [0.15, 0.2) is 48.7 Å². The van der Waals surface area contributed by atoms with Crippen LogP contribution in [0.5, 0.6) is 0 Å². The van der Waals surface area contributed by atoms with E-state index in [0.717, 1.165) is 48.0 Å². The van der Waals surface area contributed by atoms with Crippen LogP contribution in [0.2, 0.25) is 0 Å². The van der Waals surface area contributed by atoms with E-state index in [1.165, 1.54) is 5.56 Å². The molecule has 0 unspecified atom stereocenters. The second kappa shape index (κ2) is 8.35. The standard InChI is InChI=1S/C20H23N5OS/c26-19(22-11-9-16-6-2-1-3-7-16)24-12-5-13-25(15-14-24)20-23-17-8-4-10-21-18(17)27-20/h1-4,6-8,10H,5,9,11-15H2,(H,22,26). The molecule has 0 radical (unpaired) electrons. The number of rotatable bonds is 4. The van der Waals surface area contributed by atoms with Crippen LogP contribution < -0.4 is 10.2 Å². The van der Waals surface area contributed by atoms with Crippen molar-refractivity contribution in [3.05, 3.63) is 54.2 Å². The molecular formula is C20H23N5OS. The number of aromatic nitrogens is 2. The van der Waals surface area contributed by atoms with E-state index in [1.807, 2.05) is 35.2 Å². The minimum atomic E-state index is 0.0266. The molecular weight excluding hydrogens is 358 g/mol. The molecule has 0 spiro atoms. The molecule has 1 aromatic carbocycles. The lowest BCUT2D eigenvalue weighted by Crippen LogP contribution is -2.42. The highest BCUT2D eigenvalue weighted by molar-refractivity contribution is 7.21. The summed E-state index contributed by atoms with van der Waals surface area (Å²) in [6, 6.07) is 14.2. The SMILES string of the molecule is O=C(NCCc1ccccc1)N1CCCN(c2nc3cccnc3s2)CC1. The van der Waals surface area contributed by atoms with Gasteiger partial charge in [-0.2, -0.15) is 0 Å². The van der Waals surface area contributed by atoms with Crippen LogP contribution in [-0.4, -0.2) is 53.6 Å². The van der Waals surface area contributed by atoms with Crippen LogP contribution in [0.4, 0.5) is 9.93 Å². The average molecular weight is 382 g/mol. The lowest BCUT2D eigenvalue weighted by Gasteiger charge is -2.22. The Labute approximate surface area is 162 Å². The van der Waals surface area contributed by atoms with Crippen LogP contribution in [0, 0.1) is 0 Å². The number of pyridine rings is 1. The Balaban J connectivity index is 1.30. The highest BCUT2D eigenvalue weighted by Gasteiger charge is 2.21. The number of urea groups is 1. The first-order valence-electron chi connectivity index (χ1n) is 9.33. The van der Waals surface area contributed by atoms with E-state index in [1.54, 1.807) is 17.5 Å². The third-order valence-electron chi connectivity index (χ3n) is 4.74. The van der Waals surface area contributed by atoms with Gasteiger partial charge in [0, 0.05) is 38.9 Å². The fraction of sp³-hybridized carbons (Fsp3) is 0.350. The second-order valence-corrected chi connectivity index (χ2v) is 7.58. The van der Waals surface area contributed by atoms with Crippen LogP contribution in [-0.2, 0) is 6.42 Å². The Bertz CT molecular complexity index is 865. The molecule has 1 saturated heterocycles. The predicted octanol–water partition coefficient (Wildman–Crippen LogP) is 3.16. The Morgan fingerprint density at radius 3 is 2.81 bits per heavy atom. The van der Waals surface area contributed by atoms with Gasteiger partial charge in [0.05, 0.1) is 0 Å². The zero-order valence-corrected chi connectivity index (χ0v) is 16.0. The first-order valence-corrected chi connectivity index (χ1v) is 10.1. The number of fused-ring (bicyclic) bond motifs is 1. The van der Waals surface area contributed by atoms with Crippen molar-refractivity contribution in [3.63, 3.8) is 0 Å². The third kappa shape index (κ3) is 4.36. The van der Waals surface area contributed by atoms with Gasteiger partial charge in [-0.15, -0.1) is 0 Å². The number of thiazole rings is 1. The summed E-state index contributed by atoms with van der Waals surface area (Å²) in [7, 11) is 0. The molecule has 140 valence electrons. The molecule has 2 amide bonds. The number of carbonyl (C=O) groups excluding carboxylic acids is 1. The van der Waals surface area contributed by atoms with Gasteiger partial charge in [-0.25, -0.2) is 14.8 Å². The van der Waals surface area contributed by atoms with Crippen molar-refractivity contribution in [1.29, 1.82) is 0 Å². The third-order valence-corrected chi connectivity index (χ3v) is 5.78. The molecule has 7 heteroatoms. The summed E-state index contributed by atoms with van der Waals surface area (Å²) >= 11 is 1.62. The van der Waals surface area contributed by atoms with Crippen molar-refractivity contribution in [2.24, 2.45) is 0 Å². The largest absolute Gasteiger partial charge is 0.346 e. The van der Waals surface area contributed by atoms with Gasteiger partial charge in [0.1, 0.15) is 10.3 Å². The summed E-state index contributed by atoms with van der Waals surface area (Å²) in [5, 5.41) is 4.05. The van der Waals surface area contributed by atoms with E-state index in [0.29, 0.717) is 13.1 Å². The number of anilines is 1. The summed E-state index contributed by atoms with van der Waals surface area (Å²) in [6.45, 7) is 3.85. The number of benzene rings is 1. The minimum Gasteiger partial charge on any atom is -0.346 e. The van der Waals surface area contributed by atoms with Gasteiger partial charge in [0.15, 0.2) is 5.13 Å². The van der Waals surface area contributed by atoms with Gasteiger partial charge in [-0.1, -0.05) is 41.7 Å². The summed E-state index contributed by atoms with van der Waals surface area (Å²) in [5.74, 6) is 0. The fourth-order valence-corrected chi connectivity index (χ4v) is 4.24. The monoisotopic (exact) mass is 381 g/mol. The molecule has 1 aliphatic rings. The lowest BCUT2D eigenvalue weighted by atomic mass is 10.1. The number of amides is 2. The van der Waals surface area contributed by atoms with E-state index in [-0.39, 0.29) is 6.03 Å². The lowest BCUT2D eigenvalue weighted by molar-refractivity contribution is 0.201. The van der Waals surface area contributed by atoms with Crippen molar-refractivity contribution in [1.82, 2.24) is 20.2 Å². The molecule has 6 nitrogen and oxygen atoms in total. The quantitative estimate of drug-likeness (QED) is 0.754. The van der Waals surface area contributed by atoms with E-state index < -0.39 is 0 Å². The van der Waals surface area contributed by atoms with E-state index >= 15 is 0 Å². The topological polar surface area (TPSA) is 61.4 Å². The van der Waals surface area contributed by atoms with Crippen LogP contribution in [0.3, 0.4) is 0 Å². The molecule has 1 fully saturated rings. The maximum Gasteiger partial charge on any atom is 0.317 e. The van der Waals surface area contributed by atoms with Crippen LogP contribution in [0.25, 0.3) is 10.3 Å². The van der Waals surface area contributed by atoms with Crippen LogP contribution >= 0.6 is 11.3 Å². The first kappa shape index (κ1) is 17.7. The molecule has 27 heavy (non-hydrogen) atoms. The van der Waals surface area contributed by atoms with E-state index in [2.05, 4.69) is 27.3 Å². The Morgan fingerprint density at radius 2 is 1.96 bits per heavy atom.